The molecule has 0 radical (unpaired) electrons. The molecule has 2 nitrogen and oxygen atoms in total. The van der Waals surface area contributed by atoms with Gasteiger partial charge in [0.05, 0.1) is 18.3 Å². The minimum atomic E-state index is 0.161. The van der Waals surface area contributed by atoms with E-state index < -0.39 is 0 Å². The van der Waals surface area contributed by atoms with Crippen LogP contribution in [-0.4, -0.2) is 23.4 Å². The van der Waals surface area contributed by atoms with Gasteiger partial charge in [0.1, 0.15) is 0 Å². The molecule has 3 heteroatoms. The molecule has 1 aromatic rings. The van der Waals surface area contributed by atoms with Crippen LogP contribution in [0.5, 0.6) is 0 Å². The number of rotatable bonds is 4. The largest absolute Gasteiger partial charge is 0.396 e. The third-order valence-corrected chi connectivity index (χ3v) is 5.21. The molecule has 2 aliphatic rings. The fourth-order valence-corrected chi connectivity index (χ4v) is 3.94. The van der Waals surface area contributed by atoms with Crippen molar-refractivity contribution in [1.29, 1.82) is 0 Å². The van der Waals surface area contributed by atoms with E-state index in [-0.39, 0.29) is 18.1 Å². The topological polar surface area (TPSA) is 29.5 Å². The van der Waals surface area contributed by atoms with Gasteiger partial charge in [0.15, 0.2) is 0 Å². The Morgan fingerprint density at radius 3 is 2.55 bits per heavy atom. The standard InChI is InChI=1S/C17H23ClO2/c18-15-5-3-13(4-6-15)14(12-19)11-16-7-10-17(20-16)8-1-2-9-17/h3-6,14,16,19H,1-2,7-12H2. The SMILES string of the molecule is OCC(CC1CCC2(CCCC2)O1)c1ccc(Cl)cc1. The third kappa shape index (κ3) is 3.03. The molecular weight excluding hydrogens is 272 g/mol. The summed E-state index contributed by atoms with van der Waals surface area (Å²) in [4.78, 5) is 0. The molecule has 0 bridgehead atoms. The smallest absolute Gasteiger partial charge is 0.0687 e. The first kappa shape index (κ1) is 14.4. The van der Waals surface area contributed by atoms with Gasteiger partial charge in [-0.2, -0.15) is 0 Å². The van der Waals surface area contributed by atoms with E-state index in [4.69, 9.17) is 16.3 Å². The predicted octanol–water partition coefficient (Wildman–Crippen LogP) is 4.30. The molecule has 1 aliphatic carbocycles. The summed E-state index contributed by atoms with van der Waals surface area (Å²) in [6, 6.07) is 7.83. The van der Waals surface area contributed by atoms with E-state index in [0.717, 1.165) is 23.4 Å². The summed E-state index contributed by atoms with van der Waals surface area (Å²) in [6.45, 7) is 0.175. The van der Waals surface area contributed by atoms with Gasteiger partial charge in [0, 0.05) is 10.9 Å². The first-order valence-electron chi connectivity index (χ1n) is 7.75. The van der Waals surface area contributed by atoms with Crippen LogP contribution < -0.4 is 0 Å². The Morgan fingerprint density at radius 1 is 1.20 bits per heavy atom. The number of hydrogen-bond acceptors (Lipinski definition) is 2. The van der Waals surface area contributed by atoms with Gasteiger partial charge >= 0.3 is 0 Å². The second-order valence-electron chi connectivity index (χ2n) is 6.34. The summed E-state index contributed by atoms with van der Waals surface area (Å²) in [6.07, 6.45) is 8.66. The zero-order valence-electron chi connectivity index (χ0n) is 11.9. The number of benzene rings is 1. The van der Waals surface area contributed by atoms with Crippen LogP contribution in [0.4, 0.5) is 0 Å². The normalized spacial score (nSPS) is 26.2. The Kier molecular flexibility index (Phi) is 4.34. The van der Waals surface area contributed by atoms with E-state index in [1.54, 1.807) is 0 Å². The van der Waals surface area contributed by atoms with Crippen LogP contribution in [-0.2, 0) is 4.74 Å². The fourth-order valence-electron chi connectivity index (χ4n) is 3.82. The summed E-state index contributed by atoms with van der Waals surface area (Å²) < 4.78 is 6.35. The lowest BCUT2D eigenvalue weighted by Crippen LogP contribution is -2.25. The summed E-state index contributed by atoms with van der Waals surface area (Å²) in [5.74, 6) is 0.161. The van der Waals surface area contributed by atoms with Gasteiger partial charge in [0.25, 0.3) is 0 Å². The number of halogens is 1. The van der Waals surface area contributed by atoms with Crippen LogP contribution in [0.2, 0.25) is 5.02 Å². The zero-order chi connectivity index (χ0) is 14.0. The first-order valence-corrected chi connectivity index (χ1v) is 8.13. The summed E-state index contributed by atoms with van der Waals surface area (Å²) in [5.41, 5.74) is 1.35. The highest BCUT2D eigenvalue weighted by atomic mass is 35.5. The van der Waals surface area contributed by atoms with Crippen molar-refractivity contribution < 1.29 is 9.84 Å². The second-order valence-corrected chi connectivity index (χ2v) is 6.77. The van der Waals surface area contributed by atoms with Crippen LogP contribution >= 0.6 is 11.6 Å². The molecule has 0 aromatic heterocycles. The highest BCUT2D eigenvalue weighted by Crippen LogP contribution is 2.45. The molecular formula is C17H23ClO2. The Labute approximate surface area is 126 Å². The highest BCUT2D eigenvalue weighted by molar-refractivity contribution is 6.30. The second kappa shape index (κ2) is 6.05. The number of hydrogen-bond donors (Lipinski definition) is 1. The summed E-state index contributed by atoms with van der Waals surface area (Å²) >= 11 is 5.92. The van der Waals surface area contributed by atoms with Gasteiger partial charge in [-0.05, 0) is 49.8 Å². The first-order chi connectivity index (χ1) is 9.71. The number of ether oxygens (including phenoxy) is 1. The number of aliphatic hydroxyl groups is 1. The monoisotopic (exact) mass is 294 g/mol. The molecule has 20 heavy (non-hydrogen) atoms. The van der Waals surface area contributed by atoms with Gasteiger partial charge in [-0.15, -0.1) is 0 Å². The van der Waals surface area contributed by atoms with Gasteiger partial charge in [-0.25, -0.2) is 0 Å². The fraction of sp³-hybridized carbons (Fsp3) is 0.647. The van der Waals surface area contributed by atoms with E-state index in [0.29, 0.717) is 6.10 Å². The molecule has 1 aliphatic heterocycles. The van der Waals surface area contributed by atoms with E-state index in [1.807, 2.05) is 24.3 Å². The molecule has 1 saturated carbocycles. The van der Waals surface area contributed by atoms with Crippen LogP contribution in [0.3, 0.4) is 0 Å². The lowest BCUT2D eigenvalue weighted by atomic mass is 9.92. The maximum Gasteiger partial charge on any atom is 0.0687 e. The van der Waals surface area contributed by atoms with Crippen molar-refractivity contribution in [2.45, 2.75) is 62.6 Å². The molecule has 3 rings (SSSR count). The van der Waals surface area contributed by atoms with Crippen LogP contribution in [0.15, 0.2) is 24.3 Å². The van der Waals surface area contributed by atoms with Crippen molar-refractivity contribution in [3.63, 3.8) is 0 Å². The molecule has 1 saturated heterocycles. The average molecular weight is 295 g/mol. The average Bonchev–Trinajstić information content (AvgIpc) is 3.08. The highest BCUT2D eigenvalue weighted by Gasteiger charge is 2.42. The quantitative estimate of drug-likeness (QED) is 0.897. The lowest BCUT2D eigenvalue weighted by molar-refractivity contribution is -0.0427. The minimum Gasteiger partial charge on any atom is -0.396 e. The molecule has 1 N–H and O–H groups in total. The van der Waals surface area contributed by atoms with Gasteiger partial charge in [-0.1, -0.05) is 36.6 Å². The van der Waals surface area contributed by atoms with Crippen molar-refractivity contribution in [3.05, 3.63) is 34.9 Å². The molecule has 1 heterocycles. The molecule has 0 amide bonds. The maximum atomic E-state index is 9.68. The Hall–Kier alpha value is -0.570. The van der Waals surface area contributed by atoms with Crippen molar-refractivity contribution >= 4 is 11.6 Å². The summed E-state index contributed by atoms with van der Waals surface area (Å²) in [7, 11) is 0. The Balaban J connectivity index is 1.62. The Bertz CT molecular complexity index is 437. The van der Waals surface area contributed by atoms with Crippen molar-refractivity contribution in [1.82, 2.24) is 0 Å². The summed E-state index contributed by atoms with van der Waals surface area (Å²) in [5, 5.41) is 10.4. The maximum absolute atomic E-state index is 9.68. The van der Waals surface area contributed by atoms with Crippen molar-refractivity contribution in [2.24, 2.45) is 0 Å². The third-order valence-electron chi connectivity index (χ3n) is 4.96. The van der Waals surface area contributed by atoms with Gasteiger partial charge < -0.3 is 9.84 Å². The molecule has 1 spiro atoms. The van der Waals surface area contributed by atoms with Gasteiger partial charge in [-0.3, -0.25) is 0 Å². The number of aliphatic hydroxyl groups excluding tert-OH is 1. The predicted molar refractivity (Wildman–Crippen MR) is 81.2 cm³/mol. The molecule has 110 valence electrons. The molecule has 2 fully saturated rings. The van der Waals surface area contributed by atoms with Crippen LogP contribution in [0.1, 0.15) is 56.4 Å². The van der Waals surface area contributed by atoms with E-state index >= 15 is 0 Å². The zero-order valence-corrected chi connectivity index (χ0v) is 12.6. The Morgan fingerprint density at radius 2 is 1.90 bits per heavy atom. The van der Waals surface area contributed by atoms with E-state index in [9.17, 15) is 5.11 Å². The van der Waals surface area contributed by atoms with Gasteiger partial charge in [0.2, 0.25) is 0 Å². The van der Waals surface area contributed by atoms with E-state index in [2.05, 4.69) is 0 Å². The van der Waals surface area contributed by atoms with E-state index in [1.165, 1.54) is 32.1 Å². The van der Waals surface area contributed by atoms with Crippen LogP contribution in [0, 0.1) is 0 Å². The van der Waals surface area contributed by atoms with Crippen molar-refractivity contribution in [2.75, 3.05) is 6.61 Å². The minimum absolute atomic E-state index is 0.161. The van der Waals surface area contributed by atoms with Crippen LogP contribution in [0.25, 0.3) is 0 Å². The molecule has 1 aromatic carbocycles. The molecule has 2 atom stereocenters. The molecule has 2 unspecified atom stereocenters. The van der Waals surface area contributed by atoms with Crippen molar-refractivity contribution in [3.8, 4) is 0 Å². The lowest BCUT2D eigenvalue weighted by Gasteiger charge is -2.25.